The van der Waals surface area contributed by atoms with Crippen LogP contribution in [0.4, 0.5) is 0 Å². The predicted molar refractivity (Wildman–Crippen MR) is 76.0 cm³/mol. The molecule has 0 unspecified atom stereocenters. The predicted octanol–water partition coefficient (Wildman–Crippen LogP) is 3.30. The molecule has 1 N–H and O–H groups in total. The molecule has 1 aromatic carbocycles. The van der Waals surface area contributed by atoms with Crippen molar-refractivity contribution >= 4 is 28.8 Å². The molecule has 6 heteroatoms. The summed E-state index contributed by atoms with van der Waals surface area (Å²) < 4.78 is 1.39. The third kappa shape index (κ3) is 2.03. The van der Waals surface area contributed by atoms with Crippen molar-refractivity contribution in [2.45, 2.75) is 6.92 Å². The van der Waals surface area contributed by atoms with Crippen molar-refractivity contribution in [2.24, 2.45) is 0 Å². The molecule has 0 aliphatic carbocycles. The van der Waals surface area contributed by atoms with Crippen molar-refractivity contribution in [3.8, 4) is 11.1 Å². The highest BCUT2D eigenvalue weighted by molar-refractivity contribution is 6.42. The first-order chi connectivity index (χ1) is 9.06. The summed E-state index contributed by atoms with van der Waals surface area (Å²) in [5.41, 5.74) is 2.76. The van der Waals surface area contributed by atoms with Gasteiger partial charge in [-0.15, -0.1) is 0 Å². The zero-order chi connectivity index (χ0) is 13.6. The molecule has 0 atom stereocenters. The van der Waals surface area contributed by atoms with Crippen molar-refractivity contribution in [1.29, 1.82) is 0 Å². The van der Waals surface area contributed by atoms with Gasteiger partial charge in [-0.3, -0.25) is 9.89 Å². The van der Waals surface area contributed by atoms with Crippen LogP contribution in [0.3, 0.4) is 0 Å². The van der Waals surface area contributed by atoms with Crippen molar-refractivity contribution in [3.05, 3.63) is 56.6 Å². The van der Waals surface area contributed by atoms with Gasteiger partial charge in [-0.1, -0.05) is 29.3 Å². The number of halogens is 2. The molecular formula is C13H9Cl2N3O. The van der Waals surface area contributed by atoms with Gasteiger partial charge in [0.15, 0.2) is 5.65 Å². The minimum Gasteiger partial charge on any atom is -0.296 e. The summed E-state index contributed by atoms with van der Waals surface area (Å²) in [4.78, 5) is 16.2. The Hall–Kier alpha value is -1.78. The summed E-state index contributed by atoms with van der Waals surface area (Å²) in [6.07, 6.45) is 1.72. The van der Waals surface area contributed by atoms with E-state index in [9.17, 15) is 4.79 Å². The summed E-state index contributed by atoms with van der Waals surface area (Å²) in [7, 11) is 0. The molecule has 3 aromatic rings. The van der Waals surface area contributed by atoms with Gasteiger partial charge in [0.25, 0.3) is 5.56 Å². The van der Waals surface area contributed by atoms with E-state index in [1.54, 1.807) is 25.3 Å². The fourth-order valence-corrected chi connectivity index (χ4v) is 2.27. The fraction of sp³-hybridized carbons (Fsp3) is 0.0769. The molecule has 0 aliphatic rings. The number of H-pyrrole nitrogens is 1. The topological polar surface area (TPSA) is 50.2 Å². The summed E-state index contributed by atoms with van der Waals surface area (Å²) in [6.45, 7) is 1.78. The number of nitrogens with zero attached hydrogens (tertiary/aromatic N) is 2. The van der Waals surface area contributed by atoms with Crippen LogP contribution >= 0.6 is 23.2 Å². The molecule has 0 fully saturated rings. The lowest BCUT2D eigenvalue weighted by molar-refractivity contribution is 0.890. The summed E-state index contributed by atoms with van der Waals surface area (Å²) in [5, 5.41) is 3.84. The number of aromatic nitrogens is 3. The Morgan fingerprint density at radius 3 is 2.74 bits per heavy atom. The van der Waals surface area contributed by atoms with Gasteiger partial charge in [0, 0.05) is 23.5 Å². The highest BCUT2D eigenvalue weighted by Crippen LogP contribution is 2.29. The molecule has 0 saturated heterocycles. The van der Waals surface area contributed by atoms with Crippen LogP contribution in [0.15, 0.2) is 35.3 Å². The maximum atomic E-state index is 11.8. The van der Waals surface area contributed by atoms with E-state index in [0.29, 0.717) is 21.4 Å². The summed E-state index contributed by atoms with van der Waals surface area (Å²) in [6, 6.07) is 6.78. The zero-order valence-corrected chi connectivity index (χ0v) is 11.5. The van der Waals surface area contributed by atoms with Crippen LogP contribution in [-0.2, 0) is 0 Å². The molecule has 3 rings (SSSR count). The third-order valence-electron chi connectivity index (χ3n) is 2.86. The zero-order valence-electron chi connectivity index (χ0n) is 9.95. The molecule has 19 heavy (non-hydrogen) atoms. The van der Waals surface area contributed by atoms with Gasteiger partial charge >= 0.3 is 0 Å². The smallest absolute Gasteiger partial charge is 0.272 e. The molecule has 4 nitrogen and oxygen atoms in total. The van der Waals surface area contributed by atoms with Crippen LogP contribution in [0.1, 0.15) is 5.69 Å². The number of hydrogen-bond acceptors (Lipinski definition) is 2. The van der Waals surface area contributed by atoms with E-state index in [1.165, 1.54) is 10.6 Å². The van der Waals surface area contributed by atoms with E-state index >= 15 is 0 Å². The number of rotatable bonds is 1. The first-order valence-electron chi connectivity index (χ1n) is 5.59. The SMILES string of the molecule is Cc1cc(=O)n2[nH]cc(-c3ccc(Cl)c(Cl)c3)c2n1. The second-order valence-electron chi connectivity index (χ2n) is 4.21. The Labute approximate surface area is 118 Å². The van der Waals surface area contributed by atoms with Crippen molar-refractivity contribution in [2.75, 3.05) is 0 Å². The monoisotopic (exact) mass is 293 g/mol. The van der Waals surface area contributed by atoms with Crippen LogP contribution in [0.25, 0.3) is 16.8 Å². The molecule has 0 bridgehead atoms. The van der Waals surface area contributed by atoms with E-state index in [2.05, 4.69) is 10.1 Å². The van der Waals surface area contributed by atoms with Gasteiger partial charge in [-0.05, 0) is 24.6 Å². The van der Waals surface area contributed by atoms with Crippen LogP contribution in [0.5, 0.6) is 0 Å². The van der Waals surface area contributed by atoms with Crippen molar-refractivity contribution < 1.29 is 0 Å². The lowest BCUT2D eigenvalue weighted by Gasteiger charge is -2.02. The molecule has 2 aromatic heterocycles. The maximum absolute atomic E-state index is 11.8. The second kappa shape index (κ2) is 4.40. The first kappa shape index (κ1) is 12.3. The minimum atomic E-state index is -0.145. The average molecular weight is 294 g/mol. The normalized spacial score (nSPS) is 11.1. The van der Waals surface area contributed by atoms with E-state index in [1.807, 2.05) is 6.07 Å². The maximum Gasteiger partial charge on any atom is 0.272 e. The molecule has 0 radical (unpaired) electrons. The van der Waals surface area contributed by atoms with Crippen LogP contribution < -0.4 is 5.56 Å². The fourth-order valence-electron chi connectivity index (χ4n) is 1.97. The quantitative estimate of drug-likeness (QED) is 0.748. The Balaban J connectivity index is 2.31. The van der Waals surface area contributed by atoms with Gasteiger partial charge < -0.3 is 0 Å². The summed E-state index contributed by atoms with van der Waals surface area (Å²) in [5.74, 6) is 0. The second-order valence-corrected chi connectivity index (χ2v) is 5.03. The number of hydrogen-bond donors (Lipinski definition) is 1. The highest BCUT2D eigenvalue weighted by Gasteiger charge is 2.10. The van der Waals surface area contributed by atoms with Crippen LogP contribution in [0.2, 0.25) is 10.0 Å². The Kier molecular flexibility index (Phi) is 2.84. The van der Waals surface area contributed by atoms with E-state index < -0.39 is 0 Å². The number of benzene rings is 1. The Morgan fingerprint density at radius 2 is 2.00 bits per heavy atom. The molecule has 0 spiro atoms. The van der Waals surface area contributed by atoms with Crippen molar-refractivity contribution in [1.82, 2.24) is 14.6 Å². The first-order valence-corrected chi connectivity index (χ1v) is 6.35. The van der Waals surface area contributed by atoms with Gasteiger partial charge in [0.2, 0.25) is 0 Å². The largest absolute Gasteiger partial charge is 0.296 e. The molecule has 0 amide bonds. The lowest BCUT2D eigenvalue weighted by Crippen LogP contribution is -2.14. The van der Waals surface area contributed by atoms with Crippen molar-refractivity contribution in [3.63, 3.8) is 0 Å². The standard InChI is InChI=1S/C13H9Cl2N3O/c1-7-4-12(19)18-13(17-7)9(6-16-18)8-2-3-10(14)11(15)5-8/h2-6,16H,1H3. The molecule has 96 valence electrons. The van der Waals surface area contributed by atoms with Crippen LogP contribution in [0, 0.1) is 6.92 Å². The number of fused-ring (bicyclic) bond motifs is 1. The lowest BCUT2D eigenvalue weighted by atomic mass is 10.1. The number of aromatic amines is 1. The van der Waals surface area contributed by atoms with E-state index in [-0.39, 0.29) is 5.56 Å². The minimum absolute atomic E-state index is 0.145. The van der Waals surface area contributed by atoms with Gasteiger partial charge in [-0.25, -0.2) is 9.50 Å². The highest BCUT2D eigenvalue weighted by atomic mass is 35.5. The molecule has 0 aliphatic heterocycles. The van der Waals surface area contributed by atoms with E-state index in [0.717, 1.165) is 11.1 Å². The number of aryl methyl sites for hydroxylation is 1. The number of nitrogens with one attached hydrogen (secondary N) is 1. The molecular weight excluding hydrogens is 285 g/mol. The summed E-state index contributed by atoms with van der Waals surface area (Å²) >= 11 is 11.9. The Bertz CT molecular complexity index is 836. The molecule has 0 saturated carbocycles. The van der Waals surface area contributed by atoms with E-state index in [4.69, 9.17) is 23.2 Å². The average Bonchev–Trinajstić information content (AvgIpc) is 2.76. The molecule has 2 heterocycles. The van der Waals surface area contributed by atoms with Crippen LogP contribution in [-0.4, -0.2) is 14.6 Å². The van der Waals surface area contributed by atoms with Gasteiger partial charge in [0.1, 0.15) is 0 Å². The van der Waals surface area contributed by atoms with Gasteiger partial charge in [0.05, 0.1) is 10.0 Å². The Morgan fingerprint density at radius 1 is 1.21 bits per heavy atom. The van der Waals surface area contributed by atoms with Gasteiger partial charge in [-0.2, -0.15) is 0 Å². The third-order valence-corrected chi connectivity index (χ3v) is 3.60.